The molecule has 3 fully saturated rings. The van der Waals surface area contributed by atoms with Gasteiger partial charge in [0, 0.05) is 37.8 Å². The van der Waals surface area contributed by atoms with Crippen molar-refractivity contribution < 1.29 is 9.26 Å². The predicted molar refractivity (Wildman–Crippen MR) is 83.1 cm³/mol. The smallest absolute Gasteiger partial charge is 0.266 e. The Bertz CT molecular complexity index is 632. The molecule has 0 atom stereocenters. The summed E-state index contributed by atoms with van der Waals surface area (Å²) in [6.45, 7) is 4.43. The Hall–Kier alpha value is -2.08. The lowest BCUT2D eigenvalue weighted by Gasteiger charge is -2.30. The number of methoxy groups -OCH3 is 1. The third-order valence-electron chi connectivity index (χ3n) is 4.66. The molecule has 2 bridgehead atoms. The van der Waals surface area contributed by atoms with Gasteiger partial charge in [-0.15, -0.1) is 0 Å². The van der Waals surface area contributed by atoms with E-state index < -0.39 is 0 Å². The van der Waals surface area contributed by atoms with Crippen LogP contribution in [-0.4, -0.2) is 54.4 Å². The van der Waals surface area contributed by atoms with Gasteiger partial charge in [-0.1, -0.05) is 0 Å². The average molecular weight is 300 g/mol. The molecule has 3 saturated heterocycles. The molecule has 6 nitrogen and oxygen atoms in total. The zero-order chi connectivity index (χ0) is 14.9. The molecule has 3 aliphatic rings. The number of ether oxygens (including phenoxy) is 1. The van der Waals surface area contributed by atoms with Gasteiger partial charge < -0.3 is 19.1 Å². The van der Waals surface area contributed by atoms with Gasteiger partial charge in [0.25, 0.3) is 11.8 Å². The Balaban J connectivity index is 1.57. The average Bonchev–Trinajstić information content (AvgIpc) is 2.87. The first-order chi connectivity index (χ1) is 10.8. The molecule has 2 aromatic rings. The van der Waals surface area contributed by atoms with Crippen molar-refractivity contribution in [1.82, 2.24) is 15.0 Å². The highest BCUT2D eigenvalue weighted by Crippen LogP contribution is 2.27. The molecule has 4 heterocycles. The number of benzene rings is 1. The Morgan fingerprint density at radius 2 is 1.86 bits per heavy atom. The van der Waals surface area contributed by atoms with E-state index >= 15 is 0 Å². The van der Waals surface area contributed by atoms with Crippen LogP contribution < -0.4 is 9.64 Å². The lowest BCUT2D eigenvalue weighted by atomic mass is 10.1. The minimum atomic E-state index is 0.542. The molecule has 0 unspecified atom stereocenters. The second-order valence-electron chi connectivity index (χ2n) is 5.89. The van der Waals surface area contributed by atoms with Gasteiger partial charge in [-0.05, 0) is 42.3 Å². The predicted octanol–water partition coefficient (Wildman–Crippen LogP) is 2.03. The summed E-state index contributed by atoms with van der Waals surface area (Å²) < 4.78 is 10.6. The third kappa shape index (κ3) is 2.43. The van der Waals surface area contributed by atoms with Crippen molar-refractivity contribution in [2.24, 2.45) is 0 Å². The van der Waals surface area contributed by atoms with Crippen molar-refractivity contribution in [1.29, 1.82) is 0 Å². The van der Waals surface area contributed by atoms with E-state index in [4.69, 9.17) is 9.26 Å². The fourth-order valence-electron chi connectivity index (χ4n) is 3.33. The molecule has 3 aliphatic heterocycles. The van der Waals surface area contributed by atoms with Crippen LogP contribution in [-0.2, 0) is 0 Å². The molecule has 0 amide bonds. The molecule has 5 rings (SSSR count). The third-order valence-corrected chi connectivity index (χ3v) is 4.66. The molecule has 0 radical (unpaired) electrons. The Morgan fingerprint density at radius 3 is 2.59 bits per heavy atom. The molecule has 116 valence electrons. The van der Waals surface area contributed by atoms with E-state index in [0.717, 1.165) is 30.4 Å². The topological polar surface area (TPSA) is 54.6 Å². The Kier molecular flexibility index (Phi) is 3.46. The van der Waals surface area contributed by atoms with E-state index in [0.29, 0.717) is 11.9 Å². The van der Waals surface area contributed by atoms with Crippen LogP contribution in [0.25, 0.3) is 11.5 Å². The van der Waals surface area contributed by atoms with Gasteiger partial charge in [-0.25, -0.2) is 0 Å². The normalized spacial score (nSPS) is 24.3. The molecular weight excluding hydrogens is 280 g/mol. The monoisotopic (exact) mass is 300 g/mol. The van der Waals surface area contributed by atoms with Crippen LogP contribution in [0, 0.1) is 0 Å². The number of piperidine rings is 1. The summed E-state index contributed by atoms with van der Waals surface area (Å²) in [5, 5.41) is 4.21. The van der Waals surface area contributed by atoms with Gasteiger partial charge in [0.15, 0.2) is 0 Å². The molecule has 0 saturated carbocycles. The van der Waals surface area contributed by atoms with Gasteiger partial charge in [-0.3, -0.25) is 0 Å². The van der Waals surface area contributed by atoms with E-state index in [9.17, 15) is 0 Å². The number of anilines is 1. The number of hydrogen-bond acceptors (Lipinski definition) is 6. The molecule has 6 heteroatoms. The minimum absolute atomic E-state index is 0.542. The summed E-state index contributed by atoms with van der Waals surface area (Å²) in [6.07, 6.45) is 2.37. The first kappa shape index (κ1) is 13.6. The van der Waals surface area contributed by atoms with Gasteiger partial charge >= 0.3 is 0 Å². The maximum absolute atomic E-state index is 5.47. The van der Waals surface area contributed by atoms with Crippen molar-refractivity contribution in [2.45, 2.75) is 18.9 Å². The highest BCUT2D eigenvalue weighted by molar-refractivity contribution is 5.56. The summed E-state index contributed by atoms with van der Waals surface area (Å²) in [4.78, 5) is 9.43. The Labute approximate surface area is 129 Å². The summed E-state index contributed by atoms with van der Waals surface area (Å²) >= 11 is 0. The summed E-state index contributed by atoms with van der Waals surface area (Å²) in [6, 6.07) is 8.23. The van der Waals surface area contributed by atoms with E-state index in [1.165, 1.54) is 25.9 Å². The fourth-order valence-corrected chi connectivity index (χ4v) is 3.33. The lowest BCUT2D eigenvalue weighted by Crippen LogP contribution is -2.38. The minimum Gasteiger partial charge on any atom is -0.497 e. The van der Waals surface area contributed by atoms with Crippen LogP contribution in [0.15, 0.2) is 28.8 Å². The zero-order valence-corrected chi connectivity index (χ0v) is 12.7. The summed E-state index contributed by atoms with van der Waals surface area (Å²) in [7, 11) is 1.66. The van der Waals surface area contributed by atoms with Gasteiger partial charge in [-0.2, -0.15) is 4.98 Å². The maximum atomic E-state index is 5.47. The zero-order valence-electron chi connectivity index (χ0n) is 12.7. The van der Waals surface area contributed by atoms with Crippen LogP contribution in [0.5, 0.6) is 5.75 Å². The van der Waals surface area contributed by atoms with E-state index in [1.54, 1.807) is 7.11 Å². The number of fused-ring (bicyclic) bond motifs is 4. The number of hydrogen-bond donors (Lipinski definition) is 0. The molecular formula is C16H20N4O2. The van der Waals surface area contributed by atoms with Crippen LogP contribution in [0.3, 0.4) is 0 Å². The van der Waals surface area contributed by atoms with Crippen molar-refractivity contribution in [3.63, 3.8) is 0 Å². The van der Waals surface area contributed by atoms with Crippen LogP contribution in [0.2, 0.25) is 0 Å². The van der Waals surface area contributed by atoms with Crippen molar-refractivity contribution in [2.75, 3.05) is 38.2 Å². The largest absolute Gasteiger partial charge is 0.497 e. The Morgan fingerprint density at radius 1 is 1.09 bits per heavy atom. The standard InChI is InChI=1S/C16H20N4O2/c1-21-14-4-2-12(3-5-14)15-17-16(18-22-15)20-11-10-19-8-6-13(20)7-9-19/h2-5,13H,6-11H2,1H3. The quantitative estimate of drug-likeness (QED) is 0.864. The molecule has 0 aliphatic carbocycles. The van der Waals surface area contributed by atoms with Crippen LogP contribution >= 0.6 is 0 Å². The first-order valence-electron chi connectivity index (χ1n) is 7.80. The SMILES string of the molecule is COc1ccc(-c2nc(N3CCN4CCC3CC4)no2)cc1. The molecule has 22 heavy (non-hydrogen) atoms. The van der Waals surface area contributed by atoms with Crippen LogP contribution in [0.1, 0.15) is 12.8 Å². The van der Waals surface area contributed by atoms with Crippen molar-refractivity contribution >= 4 is 5.95 Å². The highest BCUT2D eigenvalue weighted by Gasteiger charge is 2.31. The second kappa shape index (κ2) is 5.61. The van der Waals surface area contributed by atoms with E-state index in [1.807, 2.05) is 24.3 Å². The maximum Gasteiger partial charge on any atom is 0.266 e. The second-order valence-corrected chi connectivity index (χ2v) is 5.89. The van der Waals surface area contributed by atoms with Gasteiger partial charge in [0.05, 0.1) is 7.11 Å². The molecule has 1 aromatic heterocycles. The van der Waals surface area contributed by atoms with Gasteiger partial charge in [0.2, 0.25) is 0 Å². The number of rotatable bonds is 3. The molecule has 1 aromatic carbocycles. The van der Waals surface area contributed by atoms with E-state index in [2.05, 4.69) is 19.9 Å². The number of nitrogens with zero attached hydrogens (tertiary/aromatic N) is 4. The highest BCUT2D eigenvalue weighted by atomic mass is 16.5. The number of aromatic nitrogens is 2. The first-order valence-corrected chi connectivity index (χ1v) is 7.80. The van der Waals surface area contributed by atoms with Crippen molar-refractivity contribution in [3.05, 3.63) is 24.3 Å². The lowest BCUT2D eigenvalue weighted by molar-refractivity contribution is 0.250. The van der Waals surface area contributed by atoms with Gasteiger partial charge in [0.1, 0.15) is 5.75 Å². The summed E-state index contributed by atoms with van der Waals surface area (Å²) in [5.74, 6) is 2.11. The molecule has 0 spiro atoms. The van der Waals surface area contributed by atoms with Crippen molar-refractivity contribution in [3.8, 4) is 17.2 Å². The molecule has 0 N–H and O–H groups in total. The van der Waals surface area contributed by atoms with Crippen LogP contribution in [0.4, 0.5) is 5.95 Å². The van der Waals surface area contributed by atoms with E-state index in [-0.39, 0.29) is 0 Å². The summed E-state index contributed by atoms with van der Waals surface area (Å²) in [5.41, 5.74) is 0.919. The fraction of sp³-hybridized carbons (Fsp3) is 0.500.